The topological polar surface area (TPSA) is 36.8 Å². The summed E-state index contributed by atoms with van der Waals surface area (Å²) in [5, 5.41) is 5.91. The number of benzene rings is 1. The Morgan fingerprint density at radius 1 is 1.33 bits per heavy atom. The average Bonchev–Trinajstić information content (AvgIpc) is 3.10. The van der Waals surface area contributed by atoms with E-state index < -0.39 is 0 Å². The molecule has 0 aliphatic carbocycles. The van der Waals surface area contributed by atoms with Crippen LogP contribution in [0.25, 0.3) is 0 Å². The Balaban J connectivity index is 1.46. The van der Waals surface area contributed by atoms with Gasteiger partial charge in [0, 0.05) is 15.6 Å². The van der Waals surface area contributed by atoms with Gasteiger partial charge in [-0.05, 0) is 36.6 Å². The number of quaternary nitrogens is 1. The van der Waals surface area contributed by atoms with Gasteiger partial charge in [-0.15, -0.1) is 11.3 Å². The van der Waals surface area contributed by atoms with Gasteiger partial charge in [-0.3, -0.25) is 4.79 Å². The lowest BCUT2D eigenvalue weighted by molar-refractivity contribution is -0.892. The standard InChI is InChI=1S/C18H22ClN3OS/c1-14(17-6-3-11-24-17)20-18(23)13-21-7-9-22(10-8-21)16-5-2-4-15(19)12-16/h2-6,11-12,14H,7-10,13H2,1H3,(H,20,23)/p+1/t14-/m0/s1. The number of amides is 1. The van der Waals surface area contributed by atoms with Crippen LogP contribution in [0.1, 0.15) is 17.8 Å². The molecule has 0 spiro atoms. The highest BCUT2D eigenvalue weighted by molar-refractivity contribution is 7.10. The first-order valence-electron chi connectivity index (χ1n) is 8.28. The number of carbonyl (C=O) groups excluding carboxylic acids is 1. The van der Waals surface area contributed by atoms with E-state index in [1.165, 1.54) is 9.78 Å². The first-order chi connectivity index (χ1) is 11.6. The third kappa shape index (κ3) is 4.50. The molecule has 2 heterocycles. The normalized spacial score (nSPS) is 16.8. The Hall–Kier alpha value is -1.56. The molecular weight excluding hydrogens is 342 g/mol. The Bertz CT molecular complexity index is 669. The molecule has 1 aliphatic rings. The van der Waals surface area contributed by atoms with Gasteiger partial charge in [0.15, 0.2) is 6.54 Å². The number of thiophene rings is 1. The second kappa shape index (κ2) is 8.01. The molecule has 128 valence electrons. The molecule has 0 unspecified atom stereocenters. The lowest BCUT2D eigenvalue weighted by Crippen LogP contribution is -3.15. The lowest BCUT2D eigenvalue weighted by atomic mass is 10.2. The first-order valence-corrected chi connectivity index (χ1v) is 9.54. The maximum atomic E-state index is 12.3. The molecule has 1 amide bonds. The van der Waals surface area contributed by atoms with E-state index in [4.69, 9.17) is 11.6 Å². The van der Waals surface area contributed by atoms with E-state index in [2.05, 4.69) is 22.3 Å². The third-order valence-corrected chi connectivity index (χ3v) is 5.69. The summed E-state index contributed by atoms with van der Waals surface area (Å²) < 4.78 is 0. The molecule has 1 aromatic heterocycles. The summed E-state index contributed by atoms with van der Waals surface area (Å²) in [6, 6.07) is 12.1. The quantitative estimate of drug-likeness (QED) is 0.851. The Kier molecular flexibility index (Phi) is 5.76. The highest BCUT2D eigenvalue weighted by Gasteiger charge is 2.23. The van der Waals surface area contributed by atoms with Crippen LogP contribution >= 0.6 is 22.9 Å². The minimum atomic E-state index is 0.0876. The largest absolute Gasteiger partial charge is 0.360 e. The Labute approximate surface area is 152 Å². The summed E-state index contributed by atoms with van der Waals surface area (Å²) in [6.07, 6.45) is 0. The van der Waals surface area contributed by atoms with Crippen LogP contribution < -0.4 is 15.1 Å². The van der Waals surface area contributed by atoms with E-state index in [0.717, 1.165) is 36.9 Å². The molecule has 0 radical (unpaired) electrons. The van der Waals surface area contributed by atoms with Gasteiger partial charge in [-0.25, -0.2) is 0 Å². The summed E-state index contributed by atoms with van der Waals surface area (Å²) in [6.45, 7) is 6.41. The van der Waals surface area contributed by atoms with E-state index in [9.17, 15) is 4.79 Å². The third-order valence-electron chi connectivity index (χ3n) is 4.40. The van der Waals surface area contributed by atoms with Gasteiger partial charge in [0.2, 0.25) is 0 Å². The summed E-state index contributed by atoms with van der Waals surface area (Å²) in [4.78, 5) is 17.1. The zero-order valence-electron chi connectivity index (χ0n) is 13.8. The SMILES string of the molecule is C[C@H](NC(=O)C[NH+]1CCN(c2cccc(Cl)c2)CC1)c1cccs1. The van der Waals surface area contributed by atoms with Gasteiger partial charge in [0.05, 0.1) is 32.2 Å². The predicted octanol–water partition coefficient (Wildman–Crippen LogP) is 1.98. The number of anilines is 1. The molecule has 6 heteroatoms. The van der Waals surface area contributed by atoms with E-state index in [1.807, 2.05) is 36.6 Å². The number of halogens is 1. The smallest absolute Gasteiger partial charge is 0.275 e. The van der Waals surface area contributed by atoms with Crippen LogP contribution in [0.2, 0.25) is 5.02 Å². The van der Waals surface area contributed by atoms with E-state index in [0.29, 0.717) is 6.54 Å². The zero-order chi connectivity index (χ0) is 16.9. The number of nitrogens with one attached hydrogen (secondary N) is 2. The first kappa shape index (κ1) is 17.3. The second-order valence-electron chi connectivity index (χ2n) is 6.20. The zero-order valence-corrected chi connectivity index (χ0v) is 15.4. The highest BCUT2D eigenvalue weighted by atomic mass is 35.5. The number of rotatable bonds is 5. The Morgan fingerprint density at radius 3 is 2.79 bits per heavy atom. The molecule has 24 heavy (non-hydrogen) atoms. The monoisotopic (exact) mass is 364 g/mol. The molecule has 0 saturated carbocycles. The molecule has 1 atom stereocenters. The number of carbonyl (C=O) groups is 1. The van der Waals surface area contributed by atoms with Gasteiger partial charge >= 0.3 is 0 Å². The number of nitrogens with zero attached hydrogens (tertiary/aromatic N) is 1. The van der Waals surface area contributed by atoms with E-state index >= 15 is 0 Å². The Morgan fingerprint density at radius 2 is 2.12 bits per heavy atom. The number of hydrogen-bond donors (Lipinski definition) is 2. The van der Waals surface area contributed by atoms with Crippen LogP contribution in [0.5, 0.6) is 0 Å². The summed E-state index contributed by atoms with van der Waals surface area (Å²) >= 11 is 7.75. The van der Waals surface area contributed by atoms with Crippen molar-refractivity contribution < 1.29 is 9.69 Å². The fourth-order valence-electron chi connectivity index (χ4n) is 3.06. The summed E-state index contributed by atoms with van der Waals surface area (Å²) in [7, 11) is 0. The van der Waals surface area contributed by atoms with Crippen molar-refractivity contribution in [2.75, 3.05) is 37.6 Å². The van der Waals surface area contributed by atoms with Gasteiger partial charge in [-0.2, -0.15) is 0 Å². The molecule has 1 saturated heterocycles. The van der Waals surface area contributed by atoms with Gasteiger partial charge in [-0.1, -0.05) is 23.7 Å². The number of piperazine rings is 1. The van der Waals surface area contributed by atoms with Crippen molar-refractivity contribution in [2.24, 2.45) is 0 Å². The van der Waals surface area contributed by atoms with Crippen LogP contribution in [0.4, 0.5) is 5.69 Å². The fraction of sp³-hybridized carbons (Fsp3) is 0.389. The molecule has 1 fully saturated rings. The van der Waals surface area contributed by atoms with Crippen molar-refractivity contribution in [1.82, 2.24) is 5.32 Å². The van der Waals surface area contributed by atoms with Crippen molar-refractivity contribution >= 4 is 34.5 Å². The van der Waals surface area contributed by atoms with Crippen LogP contribution in [0.15, 0.2) is 41.8 Å². The maximum Gasteiger partial charge on any atom is 0.275 e. The predicted molar refractivity (Wildman–Crippen MR) is 100 cm³/mol. The van der Waals surface area contributed by atoms with Gasteiger partial charge in [0.1, 0.15) is 0 Å². The van der Waals surface area contributed by atoms with E-state index in [1.54, 1.807) is 11.3 Å². The van der Waals surface area contributed by atoms with Crippen LogP contribution in [0, 0.1) is 0 Å². The molecule has 2 N–H and O–H groups in total. The van der Waals surface area contributed by atoms with Crippen molar-refractivity contribution in [2.45, 2.75) is 13.0 Å². The molecule has 1 aliphatic heterocycles. The minimum Gasteiger partial charge on any atom is -0.360 e. The average molecular weight is 365 g/mol. The van der Waals surface area contributed by atoms with Crippen molar-refractivity contribution in [3.05, 3.63) is 51.7 Å². The molecule has 2 aromatic rings. The molecular formula is C18H23ClN3OS+. The summed E-state index contributed by atoms with van der Waals surface area (Å²) in [5.41, 5.74) is 1.16. The van der Waals surface area contributed by atoms with Gasteiger partial charge in [0.25, 0.3) is 5.91 Å². The number of hydrogen-bond acceptors (Lipinski definition) is 3. The lowest BCUT2D eigenvalue weighted by Gasteiger charge is -2.33. The molecule has 3 rings (SSSR count). The summed E-state index contributed by atoms with van der Waals surface area (Å²) in [5.74, 6) is 0.127. The van der Waals surface area contributed by atoms with Crippen LogP contribution in [0.3, 0.4) is 0 Å². The maximum absolute atomic E-state index is 12.3. The van der Waals surface area contributed by atoms with Crippen molar-refractivity contribution in [3.63, 3.8) is 0 Å². The highest BCUT2D eigenvalue weighted by Crippen LogP contribution is 2.19. The fourth-order valence-corrected chi connectivity index (χ4v) is 3.98. The minimum absolute atomic E-state index is 0.0876. The van der Waals surface area contributed by atoms with E-state index in [-0.39, 0.29) is 11.9 Å². The van der Waals surface area contributed by atoms with Crippen molar-refractivity contribution in [3.8, 4) is 0 Å². The molecule has 4 nitrogen and oxygen atoms in total. The van der Waals surface area contributed by atoms with Crippen LogP contribution in [-0.2, 0) is 4.79 Å². The van der Waals surface area contributed by atoms with Crippen molar-refractivity contribution in [1.29, 1.82) is 0 Å². The van der Waals surface area contributed by atoms with Gasteiger partial charge < -0.3 is 15.1 Å². The second-order valence-corrected chi connectivity index (χ2v) is 7.61. The van der Waals surface area contributed by atoms with Crippen LogP contribution in [-0.4, -0.2) is 38.6 Å². The molecule has 0 bridgehead atoms. The molecule has 1 aromatic carbocycles.